The number of rotatable bonds is 7. The van der Waals surface area contributed by atoms with Crippen molar-refractivity contribution in [3.05, 3.63) is 0 Å². The fraction of sp³-hybridized carbons (Fsp3) is 1.00. The first-order valence-electron chi connectivity index (χ1n) is 7.98. The third kappa shape index (κ3) is 5.01. The Bertz CT molecular complexity index is 381. The molecule has 5 heteroatoms. The van der Waals surface area contributed by atoms with Crippen LogP contribution >= 0.6 is 0 Å². The lowest BCUT2D eigenvalue weighted by Crippen LogP contribution is -2.60. The molecule has 0 saturated carbocycles. The second kappa shape index (κ2) is 7.76. The standard InChI is InChI=1S/C15H32N2O2S/c1-6-13(5)15-10-16-14(12(3)4)11-17(15)8-9-20(18,19)7-2/h12-16H,6-11H2,1-5H3. The van der Waals surface area contributed by atoms with Gasteiger partial charge in [0.25, 0.3) is 0 Å². The minimum atomic E-state index is -2.87. The van der Waals surface area contributed by atoms with E-state index in [-0.39, 0.29) is 5.75 Å². The molecule has 3 unspecified atom stereocenters. The number of nitrogens with zero attached hydrogens (tertiary/aromatic N) is 1. The second-order valence-corrected chi connectivity index (χ2v) is 8.92. The van der Waals surface area contributed by atoms with Gasteiger partial charge in [-0.2, -0.15) is 0 Å². The van der Waals surface area contributed by atoms with Gasteiger partial charge in [-0.3, -0.25) is 4.90 Å². The molecule has 0 aromatic carbocycles. The normalized spacial score (nSPS) is 26.9. The largest absolute Gasteiger partial charge is 0.311 e. The van der Waals surface area contributed by atoms with Gasteiger partial charge < -0.3 is 5.32 Å². The van der Waals surface area contributed by atoms with Crippen molar-refractivity contribution in [3.8, 4) is 0 Å². The topological polar surface area (TPSA) is 49.4 Å². The smallest absolute Gasteiger partial charge is 0.151 e. The first kappa shape index (κ1) is 17.9. The van der Waals surface area contributed by atoms with Crippen LogP contribution in [-0.4, -0.2) is 56.5 Å². The van der Waals surface area contributed by atoms with Crippen LogP contribution in [0.2, 0.25) is 0 Å². The monoisotopic (exact) mass is 304 g/mol. The van der Waals surface area contributed by atoms with Gasteiger partial charge in [-0.1, -0.05) is 41.0 Å². The van der Waals surface area contributed by atoms with E-state index in [4.69, 9.17) is 0 Å². The third-order valence-electron chi connectivity index (χ3n) is 4.72. The minimum Gasteiger partial charge on any atom is -0.311 e. The Morgan fingerprint density at radius 2 is 1.90 bits per heavy atom. The van der Waals surface area contributed by atoms with Crippen LogP contribution in [0.25, 0.3) is 0 Å². The van der Waals surface area contributed by atoms with Crippen molar-refractivity contribution in [2.45, 2.75) is 53.1 Å². The molecule has 0 aliphatic carbocycles. The van der Waals surface area contributed by atoms with Crippen molar-refractivity contribution >= 4 is 9.84 Å². The van der Waals surface area contributed by atoms with Crippen molar-refractivity contribution in [1.29, 1.82) is 0 Å². The highest BCUT2D eigenvalue weighted by molar-refractivity contribution is 7.91. The van der Waals surface area contributed by atoms with Gasteiger partial charge in [0.1, 0.15) is 0 Å². The summed E-state index contributed by atoms with van der Waals surface area (Å²) >= 11 is 0. The molecular weight excluding hydrogens is 272 g/mol. The Labute approximate surface area is 125 Å². The predicted octanol–water partition coefficient (Wildman–Crippen LogP) is 1.77. The van der Waals surface area contributed by atoms with Gasteiger partial charge in [-0.25, -0.2) is 8.42 Å². The molecule has 0 spiro atoms. The molecule has 0 aromatic rings. The fourth-order valence-corrected chi connectivity index (χ4v) is 3.59. The molecule has 4 nitrogen and oxygen atoms in total. The quantitative estimate of drug-likeness (QED) is 0.779. The Morgan fingerprint density at radius 3 is 2.40 bits per heavy atom. The first-order valence-corrected chi connectivity index (χ1v) is 9.80. The maximum absolute atomic E-state index is 11.8. The maximum Gasteiger partial charge on any atom is 0.151 e. The molecule has 1 rings (SSSR count). The highest BCUT2D eigenvalue weighted by Crippen LogP contribution is 2.20. The summed E-state index contributed by atoms with van der Waals surface area (Å²) in [6.07, 6.45) is 1.13. The lowest BCUT2D eigenvalue weighted by Gasteiger charge is -2.44. The van der Waals surface area contributed by atoms with Crippen LogP contribution in [0.1, 0.15) is 41.0 Å². The molecule has 1 aliphatic heterocycles. The average molecular weight is 305 g/mol. The molecule has 0 amide bonds. The summed E-state index contributed by atoms with van der Waals surface area (Å²) in [5.41, 5.74) is 0. The Kier molecular flexibility index (Phi) is 6.95. The van der Waals surface area contributed by atoms with E-state index >= 15 is 0 Å². The van der Waals surface area contributed by atoms with Gasteiger partial charge in [0.05, 0.1) is 5.75 Å². The second-order valence-electron chi connectivity index (χ2n) is 6.44. The first-order chi connectivity index (χ1) is 9.30. The molecule has 1 N–H and O–H groups in total. The molecule has 1 heterocycles. The SMILES string of the molecule is CCC(C)C1CNC(C(C)C)CN1CCS(=O)(=O)CC. The van der Waals surface area contributed by atoms with Crippen LogP contribution in [0.3, 0.4) is 0 Å². The van der Waals surface area contributed by atoms with Crippen molar-refractivity contribution < 1.29 is 8.42 Å². The van der Waals surface area contributed by atoms with E-state index in [1.54, 1.807) is 6.92 Å². The zero-order chi connectivity index (χ0) is 15.3. The number of hydrogen-bond donors (Lipinski definition) is 1. The number of sulfone groups is 1. The van der Waals surface area contributed by atoms with E-state index in [0.717, 1.165) is 19.5 Å². The number of piperazine rings is 1. The van der Waals surface area contributed by atoms with Crippen molar-refractivity contribution in [2.75, 3.05) is 31.1 Å². The molecular formula is C15H32N2O2S. The lowest BCUT2D eigenvalue weighted by molar-refractivity contribution is 0.0849. The van der Waals surface area contributed by atoms with E-state index in [1.165, 1.54) is 0 Å². The Hall–Kier alpha value is -0.130. The highest BCUT2D eigenvalue weighted by atomic mass is 32.2. The molecule has 120 valence electrons. The van der Waals surface area contributed by atoms with Crippen LogP contribution in [0.4, 0.5) is 0 Å². The van der Waals surface area contributed by atoms with Crippen LogP contribution in [0.15, 0.2) is 0 Å². The van der Waals surface area contributed by atoms with Crippen LogP contribution < -0.4 is 5.32 Å². The molecule has 1 aliphatic rings. The van der Waals surface area contributed by atoms with Crippen LogP contribution in [0, 0.1) is 11.8 Å². The van der Waals surface area contributed by atoms with Gasteiger partial charge in [0, 0.05) is 37.5 Å². The number of hydrogen-bond acceptors (Lipinski definition) is 4. The predicted molar refractivity (Wildman–Crippen MR) is 85.8 cm³/mol. The molecule has 0 aromatic heterocycles. The summed E-state index contributed by atoms with van der Waals surface area (Å²) in [5, 5.41) is 3.63. The Morgan fingerprint density at radius 1 is 1.25 bits per heavy atom. The molecule has 3 atom stereocenters. The molecule has 0 radical (unpaired) electrons. The third-order valence-corrected chi connectivity index (χ3v) is 6.41. The fourth-order valence-electron chi connectivity index (χ4n) is 2.79. The average Bonchev–Trinajstić information content (AvgIpc) is 2.44. The van der Waals surface area contributed by atoms with E-state index in [0.29, 0.717) is 36.2 Å². The maximum atomic E-state index is 11.8. The van der Waals surface area contributed by atoms with E-state index < -0.39 is 9.84 Å². The van der Waals surface area contributed by atoms with Gasteiger partial charge in [0.15, 0.2) is 9.84 Å². The summed E-state index contributed by atoms with van der Waals surface area (Å²) in [6, 6.07) is 0.932. The van der Waals surface area contributed by atoms with E-state index in [2.05, 4.69) is 37.9 Å². The van der Waals surface area contributed by atoms with Gasteiger partial charge in [-0.15, -0.1) is 0 Å². The van der Waals surface area contributed by atoms with E-state index in [1.807, 2.05) is 0 Å². The van der Waals surface area contributed by atoms with Gasteiger partial charge >= 0.3 is 0 Å². The number of nitrogens with one attached hydrogen (secondary N) is 1. The molecule has 1 fully saturated rings. The van der Waals surface area contributed by atoms with Crippen LogP contribution in [-0.2, 0) is 9.84 Å². The summed E-state index contributed by atoms with van der Waals surface area (Å²) in [7, 11) is -2.87. The van der Waals surface area contributed by atoms with Gasteiger partial charge in [0.2, 0.25) is 0 Å². The minimum absolute atomic E-state index is 0.251. The molecule has 20 heavy (non-hydrogen) atoms. The summed E-state index contributed by atoms with van der Waals surface area (Å²) < 4.78 is 23.5. The zero-order valence-corrected chi connectivity index (χ0v) is 14.5. The van der Waals surface area contributed by atoms with E-state index in [9.17, 15) is 8.42 Å². The van der Waals surface area contributed by atoms with Crippen molar-refractivity contribution in [1.82, 2.24) is 10.2 Å². The molecule has 0 bridgehead atoms. The molecule has 1 saturated heterocycles. The zero-order valence-electron chi connectivity index (χ0n) is 13.7. The van der Waals surface area contributed by atoms with Crippen molar-refractivity contribution in [3.63, 3.8) is 0 Å². The summed E-state index contributed by atoms with van der Waals surface area (Å²) in [6.45, 7) is 13.3. The van der Waals surface area contributed by atoms with Crippen LogP contribution in [0.5, 0.6) is 0 Å². The Balaban J connectivity index is 2.71. The summed E-state index contributed by atoms with van der Waals surface area (Å²) in [4.78, 5) is 2.41. The lowest BCUT2D eigenvalue weighted by atomic mass is 9.92. The van der Waals surface area contributed by atoms with Crippen molar-refractivity contribution in [2.24, 2.45) is 11.8 Å². The summed E-state index contributed by atoms with van der Waals surface area (Å²) in [5.74, 6) is 1.72. The van der Waals surface area contributed by atoms with Gasteiger partial charge in [-0.05, 0) is 11.8 Å². The highest BCUT2D eigenvalue weighted by Gasteiger charge is 2.32.